The summed E-state index contributed by atoms with van der Waals surface area (Å²) in [7, 11) is 0. The van der Waals surface area contributed by atoms with E-state index in [0.29, 0.717) is 24.6 Å². The molecule has 24 heavy (non-hydrogen) atoms. The van der Waals surface area contributed by atoms with E-state index >= 15 is 0 Å². The standard InChI is InChI=1S/C19H27N3O2/c1-4-5-6-7-15-8-10-16(11-9-15)20-17(23)12-13-18-21-19(14(2)3)22-24-18/h8-11,14H,4-7,12-13H2,1-3H3,(H,20,23). The first-order chi connectivity index (χ1) is 11.6. The van der Waals surface area contributed by atoms with Crippen LogP contribution >= 0.6 is 0 Å². The number of aryl methyl sites for hydroxylation is 2. The Morgan fingerprint density at radius 2 is 1.92 bits per heavy atom. The molecule has 0 aliphatic rings. The summed E-state index contributed by atoms with van der Waals surface area (Å²) in [5.41, 5.74) is 2.14. The molecule has 5 nitrogen and oxygen atoms in total. The van der Waals surface area contributed by atoms with Crippen LogP contribution in [0.15, 0.2) is 28.8 Å². The van der Waals surface area contributed by atoms with Gasteiger partial charge in [-0.3, -0.25) is 4.79 Å². The third-order valence-electron chi connectivity index (χ3n) is 3.87. The number of amides is 1. The molecule has 0 radical (unpaired) electrons. The fourth-order valence-electron chi connectivity index (χ4n) is 2.38. The van der Waals surface area contributed by atoms with Gasteiger partial charge in [0.2, 0.25) is 11.8 Å². The van der Waals surface area contributed by atoms with Crippen molar-refractivity contribution in [2.75, 3.05) is 5.32 Å². The molecule has 0 unspecified atom stereocenters. The Hall–Kier alpha value is -2.17. The molecule has 0 saturated carbocycles. The van der Waals surface area contributed by atoms with Gasteiger partial charge >= 0.3 is 0 Å². The maximum atomic E-state index is 12.0. The summed E-state index contributed by atoms with van der Waals surface area (Å²) in [6.45, 7) is 6.22. The minimum absolute atomic E-state index is 0.0435. The van der Waals surface area contributed by atoms with Gasteiger partial charge in [-0.1, -0.05) is 50.9 Å². The van der Waals surface area contributed by atoms with Crippen LogP contribution in [0.3, 0.4) is 0 Å². The number of benzene rings is 1. The van der Waals surface area contributed by atoms with Crippen molar-refractivity contribution in [3.63, 3.8) is 0 Å². The number of carbonyl (C=O) groups excluding carboxylic acids is 1. The van der Waals surface area contributed by atoms with Crippen molar-refractivity contribution in [3.05, 3.63) is 41.5 Å². The molecule has 0 aliphatic heterocycles. The highest BCUT2D eigenvalue weighted by Crippen LogP contribution is 2.14. The second-order valence-corrected chi connectivity index (χ2v) is 6.40. The van der Waals surface area contributed by atoms with Gasteiger partial charge in [0.15, 0.2) is 5.82 Å². The number of hydrogen-bond donors (Lipinski definition) is 1. The number of hydrogen-bond acceptors (Lipinski definition) is 4. The van der Waals surface area contributed by atoms with Gasteiger partial charge in [-0.2, -0.15) is 4.98 Å². The highest BCUT2D eigenvalue weighted by Gasteiger charge is 2.11. The van der Waals surface area contributed by atoms with Gasteiger partial charge in [0.25, 0.3) is 0 Å². The number of nitrogens with zero attached hydrogens (tertiary/aromatic N) is 2. The minimum atomic E-state index is -0.0435. The summed E-state index contributed by atoms with van der Waals surface area (Å²) in [5, 5.41) is 6.81. The zero-order valence-corrected chi connectivity index (χ0v) is 14.8. The smallest absolute Gasteiger partial charge is 0.227 e. The Balaban J connectivity index is 1.77. The second kappa shape index (κ2) is 9.21. The molecule has 2 aromatic rings. The third-order valence-corrected chi connectivity index (χ3v) is 3.87. The number of anilines is 1. The predicted molar refractivity (Wildman–Crippen MR) is 95.0 cm³/mol. The van der Waals surface area contributed by atoms with Crippen molar-refractivity contribution < 1.29 is 9.32 Å². The highest BCUT2D eigenvalue weighted by molar-refractivity contribution is 5.90. The zero-order valence-electron chi connectivity index (χ0n) is 14.8. The van der Waals surface area contributed by atoms with Crippen molar-refractivity contribution in [3.8, 4) is 0 Å². The van der Waals surface area contributed by atoms with Crippen LogP contribution in [0.5, 0.6) is 0 Å². The third kappa shape index (κ3) is 5.80. The maximum Gasteiger partial charge on any atom is 0.227 e. The molecule has 0 fully saturated rings. The molecule has 0 atom stereocenters. The molecule has 1 N–H and O–H groups in total. The first-order valence-corrected chi connectivity index (χ1v) is 8.79. The van der Waals surface area contributed by atoms with Crippen LogP contribution in [-0.2, 0) is 17.6 Å². The van der Waals surface area contributed by atoms with Crippen molar-refractivity contribution in [2.45, 2.75) is 65.2 Å². The molecule has 1 aromatic carbocycles. The monoisotopic (exact) mass is 329 g/mol. The Bertz CT molecular complexity index is 632. The van der Waals surface area contributed by atoms with Gasteiger partial charge in [-0.15, -0.1) is 0 Å². The number of aromatic nitrogens is 2. The number of unbranched alkanes of at least 4 members (excludes halogenated alkanes) is 2. The van der Waals surface area contributed by atoms with E-state index in [0.717, 1.165) is 12.1 Å². The number of rotatable bonds is 9. The van der Waals surface area contributed by atoms with Gasteiger partial charge in [-0.25, -0.2) is 0 Å². The van der Waals surface area contributed by atoms with Crippen molar-refractivity contribution >= 4 is 11.6 Å². The lowest BCUT2D eigenvalue weighted by Crippen LogP contribution is -2.12. The molecule has 0 bridgehead atoms. The first-order valence-electron chi connectivity index (χ1n) is 8.79. The van der Waals surface area contributed by atoms with Crippen molar-refractivity contribution in [2.24, 2.45) is 0 Å². The van der Waals surface area contributed by atoms with Crippen LogP contribution in [-0.4, -0.2) is 16.0 Å². The summed E-state index contributed by atoms with van der Waals surface area (Å²) in [6, 6.07) is 8.09. The van der Waals surface area contributed by atoms with Gasteiger partial charge in [0.1, 0.15) is 0 Å². The molecule has 0 saturated heterocycles. The number of nitrogens with one attached hydrogen (secondary N) is 1. The van der Waals surface area contributed by atoms with Crippen molar-refractivity contribution in [1.29, 1.82) is 0 Å². The Morgan fingerprint density at radius 3 is 2.54 bits per heavy atom. The van der Waals surface area contributed by atoms with E-state index in [1.807, 2.05) is 26.0 Å². The largest absolute Gasteiger partial charge is 0.339 e. The van der Waals surface area contributed by atoms with Gasteiger partial charge in [0.05, 0.1) is 0 Å². The van der Waals surface area contributed by atoms with E-state index in [2.05, 4.69) is 34.5 Å². The molecule has 5 heteroatoms. The SMILES string of the molecule is CCCCCc1ccc(NC(=O)CCc2nc(C(C)C)no2)cc1. The van der Waals surface area contributed by atoms with Crippen LogP contribution < -0.4 is 5.32 Å². The lowest BCUT2D eigenvalue weighted by Gasteiger charge is -2.06. The maximum absolute atomic E-state index is 12.0. The van der Waals surface area contributed by atoms with Gasteiger partial charge < -0.3 is 9.84 Å². The van der Waals surface area contributed by atoms with E-state index in [-0.39, 0.29) is 11.8 Å². The topological polar surface area (TPSA) is 68.0 Å². The first kappa shape index (κ1) is 18.2. The normalized spacial score (nSPS) is 11.0. The molecule has 1 heterocycles. The van der Waals surface area contributed by atoms with E-state index < -0.39 is 0 Å². The van der Waals surface area contributed by atoms with Gasteiger partial charge in [0, 0.05) is 24.4 Å². The van der Waals surface area contributed by atoms with E-state index in [4.69, 9.17) is 4.52 Å². The van der Waals surface area contributed by atoms with Crippen LogP contribution in [0.1, 0.15) is 69.7 Å². The molecule has 0 aliphatic carbocycles. The molecule has 1 amide bonds. The molecule has 130 valence electrons. The summed E-state index contributed by atoms with van der Waals surface area (Å²) in [6.07, 6.45) is 5.58. The average Bonchev–Trinajstić information content (AvgIpc) is 3.04. The fourth-order valence-corrected chi connectivity index (χ4v) is 2.38. The van der Waals surface area contributed by atoms with Crippen LogP contribution in [0, 0.1) is 0 Å². The summed E-state index contributed by atoms with van der Waals surface area (Å²) < 4.78 is 5.15. The van der Waals surface area contributed by atoms with Crippen molar-refractivity contribution in [1.82, 2.24) is 10.1 Å². The van der Waals surface area contributed by atoms with E-state index in [9.17, 15) is 4.79 Å². The number of carbonyl (C=O) groups is 1. The Kier molecular flexibility index (Phi) is 6.97. The quantitative estimate of drug-likeness (QED) is 0.688. The fraction of sp³-hybridized carbons (Fsp3) is 0.526. The van der Waals surface area contributed by atoms with Crippen LogP contribution in [0.25, 0.3) is 0 Å². The molecule has 2 rings (SSSR count). The average molecular weight is 329 g/mol. The van der Waals surface area contributed by atoms with Crippen LogP contribution in [0.2, 0.25) is 0 Å². The molecular weight excluding hydrogens is 302 g/mol. The summed E-state index contributed by atoms with van der Waals surface area (Å²) in [5.74, 6) is 1.38. The molecule has 1 aromatic heterocycles. The summed E-state index contributed by atoms with van der Waals surface area (Å²) >= 11 is 0. The predicted octanol–water partition coefficient (Wildman–Crippen LogP) is 4.50. The highest BCUT2D eigenvalue weighted by atomic mass is 16.5. The van der Waals surface area contributed by atoms with E-state index in [1.54, 1.807) is 0 Å². The lowest BCUT2D eigenvalue weighted by molar-refractivity contribution is -0.116. The summed E-state index contributed by atoms with van der Waals surface area (Å²) in [4.78, 5) is 16.3. The second-order valence-electron chi connectivity index (χ2n) is 6.40. The minimum Gasteiger partial charge on any atom is -0.339 e. The van der Waals surface area contributed by atoms with E-state index in [1.165, 1.54) is 24.8 Å². The van der Waals surface area contributed by atoms with Crippen LogP contribution in [0.4, 0.5) is 5.69 Å². The Morgan fingerprint density at radius 1 is 1.17 bits per heavy atom. The molecular formula is C19H27N3O2. The lowest BCUT2D eigenvalue weighted by atomic mass is 10.1. The molecule has 0 spiro atoms. The zero-order chi connectivity index (χ0) is 17.4. The Labute approximate surface area is 143 Å². The van der Waals surface area contributed by atoms with Gasteiger partial charge in [-0.05, 0) is 30.5 Å².